The summed E-state index contributed by atoms with van der Waals surface area (Å²) < 4.78 is 5.59. The topological polar surface area (TPSA) is 92.8 Å². The number of phenolic OH excluding ortho intramolecular Hbond substituents is 1. The largest absolute Gasteiger partial charge is 0.508 e. The maximum absolute atomic E-state index is 10.8. The first-order valence-corrected chi connectivity index (χ1v) is 6.34. The average molecular weight is 289 g/mol. The van der Waals surface area contributed by atoms with E-state index >= 15 is 0 Å². The van der Waals surface area contributed by atoms with Crippen molar-refractivity contribution in [1.82, 2.24) is 0 Å². The minimum Gasteiger partial charge on any atom is -0.508 e. The van der Waals surface area contributed by atoms with E-state index in [-0.39, 0.29) is 18.0 Å². The van der Waals surface area contributed by atoms with Crippen LogP contribution in [0.2, 0.25) is 0 Å². The molecule has 0 saturated heterocycles. The molecule has 0 aliphatic heterocycles. The predicted molar refractivity (Wildman–Crippen MR) is 76.2 cm³/mol. The fourth-order valence-electron chi connectivity index (χ4n) is 1.86. The number of hydrogen-bond donors (Lipinski definition) is 2. The molecule has 21 heavy (non-hydrogen) atoms. The van der Waals surface area contributed by atoms with Crippen molar-refractivity contribution in [3.05, 3.63) is 63.7 Å². The normalized spacial score (nSPS) is 11.9. The third kappa shape index (κ3) is 3.70. The molecule has 110 valence electrons. The van der Waals surface area contributed by atoms with Gasteiger partial charge < -0.3 is 14.9 Å². The van der Waals surface area contributed by atoms with E-state index in [1.54, 1.807) is 24.3 Å². The van der Waals surface area contributed by atoms with Gasteiger partial charge in [0, 0.05) is 17.7 Å². The zero-order valence-corrected chi connectivity index (χ0v) is 11.4. The smallest absolute Gasteiger partial charge is 0.270 e. The number of nitrogens with zero attached hydrogens (tertiary/aromatic N) is 1. The van der Waals surface area contributed by atoms with E-state index in [4.69, 9.17) is 4.74 Å². The number of non-ortho nitro benzene ring substituents is 1. The summed E-state index contributed by atoms with van der Waals surface area (Å²) in [6, 6.07) is 10.6. The van der Waals surface area contributed by atoms with E-state index in [0.29, 0.717) is 11.3 Å². The van der Waals surface area contributed by atoms with Crippen LogP contribution >= 0.6 is 0 Å². The van der Waals surface area contributed by atoms with Crippen LogP contribution in [0.1, 0.15) is 24.2 Å². The summed E-state index contributed by atoms with van der Waals surface area (Å²) in [5.41, 5.74) is 1.11. The second-order valence-electron chi connectivity index (χ2n) is 4.61. The van der Waals surface area contributed by atoms with E-state index in [1.807, 2.05) is 0 Å². The predicted octanol–water partition coefficient (Wildman–Crippen LogP) is 2.93. The maximum atomic E-state index is 10.8. The van der Waals surface area contributed by atoms with Crippen molar-refractivity contribution >= 4 is 5.69 Å². The maximum Gasteiger partial charge on any atom is 0.270 e. The molecular formula is C15H15NO5. The first-order valence-electron chi connectivity index (χ1n) is 6.34. The van der Waals surface area contributed by atoms with Crippen molar-refractivity contribution in [2.24, 2.45) is 0 Å². The first kappa shape index (κ1) is 14.8. The van der Waals surface area contributed by atoms with Crippen LogP contribution in [0.3, 0.4) is 0 Å². The van der Waals surface area contributed by atoms with Crippen LogP contribution in [0.5, 0.6) is 11.5 Å². The molecule has 2 aromatic rings. The molecule has 0 saturated carbocycles. The fraction of sp³-hybridized carbons (Fsp3) is 0.200. The van der Waals surface area contributed by atoms with E-state index < -0.39 is 11.0 Å². The standard InChI is InChI=1S/C15H15NO5/c1-10(17)14-8-12(16(19)20)4-7-15(14)21-9-11-2-5-13(18)6-3-11/h2-8,10,17-18H,9H2,1H3. The van der Waals surface area contributed by atoms with Gasteiger partial charge in [-0.05, 0) is 30.7 Å². The highest BCUT2D eigenvalue weighted by molar-refractivity contribution is 5.45. The second kappa shape index (κ2) is 6.23. The van der Waals surface area contributed by atoms with Crippen LogP contribution in [-0.2, 0) is 6.61 Å². The summed E-state index contributed by atoms with van der Waals surface area (Å²) in [6.45, 7) is 1.75. The van der Waals surface area contributed by atoms with E-state index in [2.05, 4.69) is 0 Å². The zero-order chi connectivity index (χ0) is 15.4. The number of benzene rings is 2. The molecule has 0 amide bonds. The Balaban J connectivity index is 2.19. The average Bonchev–Trinajstić information content (AvgIpc) is 2.46. The lowest BCUT2D eigenvalue weighted by atomic mass is 10.1. The molecule has 0 aromatic heterocycles. The van der Waals surface area contributed by atoms with Gasteiger partial charge in [0.25, 0.3) is 5.69 Å². The summed E-state index contributed by atoms with van der Waals surface area (Å²) in [6.07, 6.45) is -0.875. The summed E-state index contributed by atoms with van der Waals surface area (Å²) in [5.74, 6) is 0.558. The molecule has 0 bridgehead atoms. The van der Waals surface area contributed by atoms with Crippen LogP contribution in [-0.4, -0.2) is 15.1 Å². The monoisotopic (exact) mass is 289 g/mol. The summed E-state index contributed by atoms with van der Waals surface area (Å²) in [7, 11) is 0. The van der Waals surface area contributed by atoms with Gasteiger partial charge in [0.2, 0.25) is 0 Å². The van der Waals surface area contributed by atoms with Crippen molar-refractivity contribution in [1.29, 1.82) is 0 Å². The lowest BCUT2D eigenvalue weighted by molar-refractivity contribution is -0.385. The summed E-state index contributed by atoms with van der Waals surface area (Å²) in [4.78, 5) is 10.2. The summed E-state index contributed by atoms with van der Waals surface area (Å²) in [5, 5.41) is 29.7. The molecule has 0 aliphatic carbocycles. The highest BCUT2D eigenvalue weighted by Crippen LogP contribution is 2.30. The van der Waals surface area contributed by atoms with Crippen LogP contribution in [0.4, 0.5) is 5.69 Å². The van der Waals surface area contributed by atoms with Gasteiger partial charge in [-0.15, -0.1) is 0 Å². The van der Waals surface area contributed by atoms with Gasteiger partial charge in [0.15, 0.2) is 0 Å². The highest BCUT2D eigenvalue weighted by atomic mass is 16.6. The molecule has 1 atom stereocenters. The Labute approximate surface area is 121 Å². The van der Waals surface area contributed by atoms with Gasteiger partial charge in [0.1, 0.15) is 18.1 Å². The molecule has 0 radical (unpaired) electrons. The van der Waals surface area contributed by atoms with Crippen molar-refractivity contribution in [3.63, 3.8) is 0 Å². The second-order valence-corrected chi connectivity index (χ2v) is 4.61. The van der Waals surface area contributed by atoms with Crippen LogP contribution < -0.4 is 4.74 Å². The van der Waals surface area contributed by atoms with Gasteiger partial charge in [0.05, 0.1) is 11.0 Å². The molecule has 6 heteroatoms. The van der Waals surface area contributed by atoms with E-state index in [9.17, 15) is 20.3 Å². The highest BCUT2D eigenvalue weighted by Gasteiger charge is 2.15. The molecule has 1 unspecified atom stereocenters. The number of rotatable bonds is 5. The molecule has 0 fully saturated rings. The third-order valence-electron chi connectivity index (χ3n) is 2.98. The number of nitro groups is 1. The summed E-state index contributed by atoms with van der Waals surface area (Å²) >= 11 is 0. The van der Waals surface area contributed by atoms with Crippen molar-refractivity contribution in [2.75, 3.05) is 0 Å². The zero-order valence-electron chi connectivity index (χ0n) is 11.4. The van der Waals surface area contributed by atoms with E-state index in [0.717, 1.165) is 5.56 Å². The number of aliphatic hydroxyl groups is 1. The molecule has 6 nitrogen and oxygen atoms in total. The number of ether oxygens (including phenoxy) is 1. The van der Waals surface area contributed by atoms with Crippen molar-refractivity contribution in [3.8, 4) is 11.5 Å². The Bertz CT molecular complexity index is 637. The SMILES string of the molecule is CC(O)c1cc([N+](=O)[O-])ccc1OCc1ccc(O)cc1. The van der Waals surface area contributed by atoms with Gasteiger partial charge in [-0.3, -0.25) is 10.1 Å². The minimum atomic E-state index is -0.875. The van der Waals surface area contributed by atoms with Gasteiger partial charge in [-0.25, -0.2) is 0 Å². The Hall–Kier alpha value is -2.60. The molecule has 2 aromatic carbocycles. The number of aromatic hydroxyl groups is 1. The van der Waals surface area contributed by atoms with Crippen LogP contribution in [0.25, 0.3) is 0 Å². The Kier molecular flexibility index (Phi) is 4.39. The fourth-order valence-corrected chi connectivity index (χ4v) is 1.86. The molecule has 2 rings (SSSR count). The number of hydrogen-bond acceptors (Lipinski definition) is 5. The minimum absolute atomic E-state index is 0.0946. The van der Waals surface area contributed by atoms with Crippen molar-refractivity contribution in [2.45, 2.75) is 19.6 Å². The quantitative estimate of drug-likeness (QED) is 0.652. The lowest BCUT2D eigenvalue weighted by Gasteiger charge is -2.13. The Morgan fingerprint density at radius 2 is 1.90 bits per heavy atom. The molecule has 0 aliphatic rings. The van der Waals surface area contributed by atoms with Crippen LogP contribution in [0.15, 0.2) is 42.5 Å². The molecule has 2 N–H and O–H groups in total. The number of aliphatic hydroxyl groups excluding tert-OH is 1. The number of nitro benzene ring substituents is 1. The van der Waals surface area contributed by atoms with Crippen LogP contribution in [0, 0.1) is 10.1 Å². The number of phenols is 1. The molecular weight excluding hydrogens is 274 g/mol. The molecule has 0 heterocycles. The lowest BCUT2D eigenvalue weighted by Crippen LogP contribution is -2.02. The van der Waals surface area contributed by atoms with Crippen molar-refractivity contribution < 1.29 is 19.9 Å². The van der Waals surface area contributed by atoms with Gasteiger partial charge >= 0.3 is 0 Å². The molecule has 0 spiro atoms. The van der Waals surface area contributed by atoms with Gasteiger partial charge in [-0.2, -0.15) is 0 Å². The Morgan fingerprint density at radius 3 is 2.48 bits per heavy atom. The van der Waals surface area contributed by atoms with E-state index in [1.165, 1.54) is 25.1 Å². The first-order chi connectivity index (χ1) is 9.97. The Morgan fingerprint density at radius 1 is 1.24 bits per heavy atom. The van der Waals surface area contributed by atoms with Gasteiger partial charge in [-0.1, -0.05) is 12.1 Å². The third-order valence-corrected chi connectivity index (χ3v) is 2.98.